The van der Waals surface area contributed by atoms with Gasteiger partial charge in [0, 0.05) is 25.9 Å². The van der Waals surface area contributed by atoms with E-state index in [9.17, 15) is 13.2 Å². The van der Waals surface area contributed by atoms with Crippen LogP contribution < -0.4 is 4.72 Å². The summed E-state index contributed by atoms with van der Waals surface area (Å²) in [5.74, 6) is 0.392. The van der Waals surface area contributed by atoms with Gasteiger partial charge in [-0.05, 0) is 25.0 Å². The Morgan fingerprint density at radius 2 is 2.08 bits per heavy atom. The van der Waals surface area contributed by atoms with Crippen molar-refractivity contribution < 1.29 is 22.2 Å². The minimum absolute atomic E-state index is 0.0626. The summed E-state index contributed by atoms with van der Waals surface area (Å²) in [5.41, 5.74) is 0. The molecule has 1 N–H and O–H groups in total. The van der Waals surface area contributed by atoms with Crippen molar-refractivity contribution in [2.45, 2.75) is 32.1 Å². The van der Waals surface area contributed by atoms with E-state index < -0.39 is 16.1 Å². The minimum Gasteiger partial charge on any atom is -0.461 e. The second-order valence-electron chi connectivity index (χ2n) is 5.48. The molecule has 24 heavy (non-hydrogen) atoms. The Morgan fingerprint density at radius 1 is 1.29 bits per heavy atom. The highest BCUT2D eigenvalue weighted by Crippen LogP contribution is 2.16. The molecule has 0 saturated carbocycles. The number of carbonyl (C=O) groups is 1. The van der Waals surface area contributed by atoms with Gasteiger partial charge in [0.05, 0.1) is 6.26 Å². The number of nitrogens with one attached hydrogen (secondary N) is 1. The zero-order chi connectivity index (χ0) is 17.0. The van der Waals surface area contributed by atoms with Crippen molar-refractivity contribution in [3.8, 4) is 11.6 Å². The monoisotopic (exact) mass is 354 g/mol. The molecule has 0 atom stereocenters. The van der Waals surface area contributed by atoms with Crippen LogP contribution in [0.25, 0.3) is 11.6 Å². The Labute approximate surface area is 139 Å². The van der Waals surface area contributed by atoms with Gasteiger partial charge in [0.1, 0.15) is 0 Å². The van der Waals surface area contributed by atoms with Gasteiger partial charge in [0.2, 0.25) is 17.6 Å². The highest BCUT2D eigenvalue weighted by Gasteiger charge is 2.25. The average molecular weight is 354 g/mol. The normalized spacial score (nSPS) is 16.2. The van der Waals surface area contributed by atoms with Crippen molar-refractivity contribution in [1.82, 2.24) is 19.2 Å². The highest BCUT2D eigenvalue weighted by atomic mass is 32.2. The first kappa shape index (κ1) is 16.7. The molecular weight excluding hydrogens is 336 g/mol. The molecule has 3 rings (SSSR count). The van der Waals surface area contributed by atoms with Crippen molar-refractivity contribution in [3.05, 3.63) is 24.3 Å². The summed E-state index contributed by atoms with van der Waals surface area (Å²) in [6, 6.07) is 3.39. The lowest BCUT2D eigenvalue weighted by Gasteiger charge is -2.25. The van der Waals surface area contributed by atoms with E-state index in [2.05, 4.69) is 14.9 Å². The summed E-state index contributed by atoms with van der Waals surface area (Å²) in [6.45, 7) is 0.886. The van der Waals surface area contributed by atoms with Crippen molar-refractivity contribution in [2.75, 3.05) is 13.1 Å². The molecule has 2 aromatic heterocycles. The number of furan rings is 1. The largest absolute Gasteiger partial charge is 0.461 e. The van der Waals surface area contributed by atoms with Gasteiger partial charge in [-0.15, -0.1) is 0 Å². The Hall–Kier alpha value is -2.20. The lowest BCUT2D eigenvalue weighted by Crippen LogP contribution is -2.45. The van der Waals surface area contributed by atoms with Gasteiger partial charge in [-0.1, -0.05) is 11.6 Å². The van der Waals surface area contributed by atoms with E-state index in [0.29, 0.717) is 18.8 Å². The molecule has 0 radical (unpaired) electrons. The summed E-state index contributed by atoms with van der Waals surface area (Å²) < 4.78 is 37.7. The fourth-order valence-corrected chi connectivity index (χ4v) is 3.71. The fraction of sp³-hybridized carbons (Fsp3) is 0.500. The third-order valence-electron chi connectivity index (χ3n) is 3.67. The molecule has 1 aliphatic rings. The van der Waals surface area contributed by atoms with Crippen LogP contribution in [0.4, 0.5) is 0 Å². The maximum atomic E-state index is 12.1. The van der Waals surface area contributed by atoms with Crippen LogP contribution >= 0.6 is 0 Å². The summed E-state index contributed by atoms with van der Waals surface area (Å²) in [4.78, 5) is 16.0. The van der Waals surface area contributed by atoms with Crippen LogP contribution in [0.3, 0.4) is 0 Å². The van der Waals surface area contributed by atoms with Gasteiger partial charge in [0.15, 0.2) is 5.76 Å². The van der Waals surface area contributed by atoms with Crippen LogP contribution in [-0.2, 0) is 21.4 Å². The predicted molar refractivity (Wildman–Crippen MR) is 82.8 cm³/mol. The van der Waals surface area contributed by atoms with E-state index in [4.69, 9.17) is 8.94 Å². The Bertz CT molecular complexity index is 778. The maximum Gasteiger partial charge on any atom is 0.303 e. The summed E-state index contributed by atoms with van der Waals surface area (Å²) in [6.07, 6.45) is 4.21. The lowest BCUT2D eigenvalue weighted by atomic mass is 10.2. The number of amides is 1. The zero-order valence-electron chi connectivity index (χ0n) is 13.0. The zero-order valence-corrected chi connectivity index (χ0v) is 13.8. The first-order valence-electron chi connectivity index (χ1n) is 7.72. The molecule has 0 unspecified atom stereocenters. The van der Waals surface area contributed by atoms with Gasteiger partial charge in [-0.2, -0.15) is 17.7 Å². The molecule has 10 heteroatoms. The van der Waals surface area contributed by atoms with E-state index in [-0.39, 0.29) is 24.6 Å². The summed E-state index contributed by atoms with van der Waals surface area (Å²) in [7, 11) is -3.77. The maximum absolute atomic E-state index is 12.1. The number of aromatic nitrogens is 2. The van der Waals surface area contributed by atoms with Gasteiger partial charge < -0.3 is 8.94 Å². The highest BCUT2D eigenvalue weighted by molar-refractivity contribution is 7.87. The molecule has 1 amide bonds. The molecule has 130 valence electrons. The van der Waals surface area contributed by atoms with Crippen molar-refractivity contribution in [2.24, 2.45) is 0 Å². The van der Waals surface area contributed by atoms with Crippen LogP contribution in [0, 0.1) is 0 Å². The summed E-state index contributed by atoms with van der Waals surface area (Å²) in [5, 5.41) is 3.75. The number of nitrogens with zero attached hydrogens (tertiary/aromatic N) is 3. The first-order chi connectivity index (χ1) is 11.5. The molecule has 3 heterocycles. The van der Waals surface area contributed by atoms with E-state index in [1.807, 2.05) is 0 Å². The standard InChI is InChI=1S/C14H18N4O5S/c19-12(17-24(20,21)18-8-2-1-3-9-18)6-7-13-15-14(16-23-13)11-5-4-10-22-11/h4-5,10H,1-3,6-9H2,(H,17,19). The van der Waals surface area contributed by atoms with Crippen molar-refractivity contribution in [3.63, 3.8) is 0 Å². The predicted octanol–water partition coefficient (Wildman–Crippen LogP) is 1.11. The minimum atomic E-state index is -3.77. The van der Waals surface area contributed by atoms with Crippen LogP contribution in [-0.4, -0.2) is 41.9 Å². The SMILES string of the molecule is O=C(CCc1nc(-c2ccco2)no1)NS(=O)(=O)N1CCCCC1. The molecule has 1 aliphatic heterocycles. The Balaban J connectivity index is 1.52. The fourth-order valence-electron chi connectivity index (χ4n) is 2.45. The van der Waals surface area contributed by atoms with Crippen molar-refractivity contribution >= 4 is 16.1 Å². The van der Waals surface area contributed by atoms with Crippen LogP contribution in [0.2, 0.25) is 0 Å². The van der Waals surface area contributed by atoms with Crippen LogP contribution in [0.5, 0.6) is 0 Å². The molecule has 0 aromatic carbocycles. The van der Waals surface area contributed by atoms with E-state index in [1.165, 1.54) is 10.6 Å². The number of aryl methyl sites for hydroxylation is 1. The average Bonchev–Trinajstić information content (AvgIpc) is 3.25. The number of rotatable bonds is 6. The molecule has 9 nitrogen and oxygen atoms in total. The van der Waals surface area contributed by atoms with Gasteiger partial charge in [-0.25, -0.2) is 4.72 Å². The van der Waals surface area contributed by atoms with E-state index in [0.717, 1.165) is 19.3 Å². The third kappa shape index (κ3) is 4.01. The van der Waals surface area contributed by atoms with Gasteiger partial charge in [0.25, 0.3) is 0 Å². The smallest absolute Gasteiger partial charge is 0.303 e. The molecule has 0 bridgehead atoms. The molecular formula is C14H18N4O5S. The number of hydrogen-bond acceptors (Lipinski definition) is 7. The van der Waals surface area contributed by atoms with E-state index >= 15 is 0 Å². The Kier molecular flexibility index (Phi) is 4.95. The quantitative estimate of drug-likeness (QED) is 0.825. The summed E-state index contributed by atoms with van der Waals surface area (Å²) >= 11 is 0. The number of carbonyl (C=O) groups excluding carboxylic acids is 1. The van der Waals surface area contributed by atoms with Crippen LogP contribution in [0.15, 0.2) is 27.3 Å². The second kappa shape index (κ2) is 7.14. The van der Waals surface area contributed by atoms with Crippen molar-refractivity contribution in [1.29, 1.82) is 0 Å². The van der Waals surface area contributed by atoms with Gasteiger partial charge in [-0.3, -0.25) is 4.79 Å². The first-order valence-corrected chi connectivity index (χ1v) is 9.16. The van der Waals surface area contributed by atoms with Gasteiger partial charge >= 0.3 is 10.2 Å². The number of hydrogen-bond donors (Lipinski definition) is 1. The molecule has 0 spiro atoms. The molecule has 1 fully saturated rings. The second-order valence-corrected chi connectivity index (χ2v) is 7.15. The topological polar surface area (TPSA) is 119 Å². The Morgan fingerprint density at radius 3 is 2.79 bits per heavy atom. The molecule has 1 saturated heterocycles. The third-order valence-corrected chi connectivity index (χ3v) is 5.20. The lowest BCUT2D eigenvalue weighted by molar-refractivity contribution is -0.119. The molecule has 2 aromatic rings. The molecule has 0 aliphatic carbocycles. The van der Waals surface area contributed by atoms with E-state index in [1.54, 1.807) is 12.1 Å². The van der Waals surface area contributed by atoms with Crippen LogP contribution in [0.1, 0.15) is 31.6 Å². The number of piperidine rings is 1.